The number of aliphatic hydroxyl groups is 1. The number of nitrogens with zero attached hydrogens (tertiary/aromatic N) is 3. The summed E-state index contributed by atoms with van der Waals surface area (Å²) in [4.78, 5) is 15.1. The molecule has 1 amide bonds. The fourth-order valence-electron chi connectivity index (χ4n) is 5.87. The van der Waals surface area contributed by atoms with E-state index in [1.807, 2.05) is 62.5 Å². The molecule has 0 bridgehead atoms. The van der Waals surface area contributed by atoms with Crippen molar-refractivity contribution in [3.05, 3.63) is 42.2 Å². The Morgan fingerprint density at radius 2 is 1.85 bits per heavy atom. The van der Waals surface area contributed by atoms with Gasteiger partial charge in [0.05, 0.1) is 36.2 Å². The Morgan fingerprint density at radius 1 is 1.15 bits per heavy atom. The van der Waals surface area contributed by atoms with Crippen LogP contribution in [-0.4, -0.2) is 68.8 Å². The van der Waals surface area contributed by atoms with Gasteiger partial charge in [-0.3, -0.25) is 9.48 Å². The summed E-state index contributed by atoms with van der Waals surface area (Å²) in [7, 11) is 1.90. The average Bonchev–Trinajstić information content (AvgIpc) is 3.53. The molecule has 3 aliphatic rings. The van der Waals surface area contributed by atoms with Gasteiger partial charge in [-0.05, 0) is 76.0 Å². The number of benzene rings is 1. The molecule has 34 heavy (non-hydrogen) atoms. The SMILES string of the molecule is Cn1cc(-c2ccc(C(=O)N3CCC4(CC3)CO[C@@H]([C@@]3(C)CC[C@@H](C(C)(C)O)O3)C4)cc2)cn1. The summed E-state index contributed by atoms with van der Waals surface area (Å²) in [6.45, 7) is 8.01. The third kappa shape index (κ3) is 4.41. The summed E-state index contributed by atoms with van der Waals surface area (Å²) in [6, 6.07) is 7.82. The number of hydrogen-bond donors (Lipinski definition) is 1. The molecule has 3 atom stereocenters. The third-order valence-electron chi connectivity index (χ3n) is 8.27. The van der Waals surface area contributed by atoms with Crippen LogP contribution in [0.15, 0.2) is 36.7 Å². The first-order valence-corrected chi connectivity index (χ1v) is 12.5. The van der Waals surface area contributed by atoms with E-state index in [1.165, 1.54) is 0 Å². The Morgan fingerprint density at radius 3 is 2.44 bits per heavy atom. The van der Waals surface area contributed by atoms with Crippen LogP contribution in [0.4, 0.5) is 0 Å². The van der Waals surface area contributed by atoms with Crippen LogP contribution < -0.4 is 0 Å². The van der Waals surface area contributed by atoms with E-state index in [1.54, 1.807) is 4.68 Å². The zero-order valence-corrected chi connectivity index (χ0v) is 20.8. The largest absolute Gasteiger partial charge is 0.388 e. The quantitative estimate of drug-likeness (QED) is 0.740. The van der Waals surface area contributed by atoms with Gasteiger partial charge in [0.25, 0.3) is 5.91 Å². The summed E-state index contributed by atoms with van der Waals surface area (Å²) in [5, 5.41) is 14.6. The Labute approximate surface area is 202 Å². The first kappa shape index (κ1) is 23.5. The third-order valence-corrected chi connectivity index (χ3v) is 8.27. The summed E-state index contributed by atoms with van der Waals surface area (Å²) in [6.07, 6.45) is 8.33. The number of hydrogen-bond acceptors (Lipinski definition) is 5. The molecule has 0 saturated carbocycles. The zero-order chi connectivity index (χ0) is 24.1. The van der Waals surface area contributed by atoms with Gasteiger partial charge in [-0.1, -0.05) is 12.1 Å². The molecule has 7 heteroatoms. The second-order valence-corrected chi connectivity index (χ2v) is 11.4. The standard InChI is InChI=1S/C27H37N3O4/c1-25(2,32)22-9-10-26(3,34-22)23-15-27(18-33-23)11-13-30(14-12-27)24(31)20-7-5-19(6-8-20)21-16-28-29(4)17-21/h5-8,16-17,22-23,32H,9-15,18H2,1-4H3/t22-,23+,26+/m0/s1. The molecule has 4 heterocycles. The van der Waals surface area contributed by atoms with E-state index < -0.39 is 5.60 Å². The van der Waals surface area contributed by atoms with E-state index >= 15 is 0 Å². The number of likely N-dealkylation sites (tertiary alicyclic amines) is 1. The highest BCUT2D eigenvalue weighted by atomic mass is 16.6. The van der Waals surface area contributed by atoms with Crippen molar-refractivity contribution in [2.45, 2.75) is 76.3 Å². The molecule has 0 radical (unpaired) electrons. The minimum absolute atomic E-state index is 0.0436. The predicted molar refractivity (Wildman–Crippen MR) is 129 cm³/mol. The minimum atomic E-state index is -0.837. The molecular formula is C27H37N3O4. The van der Waals surface area contributed by atoms with E-state index in [9.17, 15) is 9.90 Å². The van der Waals surface area contributed by atoms with E-state index in [-0.39, 0.29) is 29.1 Å². The lowest BCUT2D eigenvalue weighted by Crippen LogP contribution is -2.45. The van der Waals surface area contributed by atoms with Crippen LogP contribution >= 0.6 is 0 Å². The molecule has 1 aromatic carbocycles. The predicted octanol–water partition coefficient (Wildman–Crippen LogP) is 3.81. The number of ether oxygens (including phenoxy) is 2. The van der Waals surface area contributed by atoms with Gasteiger partial charge in [0, 0.05) is 37.5 Å². The van der Waals surface area contributed by atoms with Crippen molar-refractivity contribution < 1.29 is 19.4 Å². The smallest absolute Gasteiger partial charge is 0.253 e. The second kappa shape index (κ2) is 8.47. The number of piperidine rings is 1. The highest BCUT2D eigenvalue weighted by Gasteiger charge is 2.53. The van der Waals surface area contributed by atoms with Crippen molar-refractivity contribution in [3.63, 3.8) is 0 Å². The van der Waals surface area contributed by atoms with Crippen LogP contribution in [0.3, 0.4) is 0 Å². The maximum atomic E-state index is 13.1. The van der Waals surface area contributed by atoms with Crippen LogP contribution in [0.2, 0.25) is 0 Å². The Balaban J connectivity index is 1.18. The summed E-state index contributed by atoms with van der Waals surface area (Å²) in [5.74, 6) is 0.0992. The van der Waals surface area contributed by atoms with Crippen molar-refractivity contribution in [3.8, 4) is 11.1 Å². The van der Waals surface area contributed by atoms with Crippen molar-refractivity contribution in [2.24, 2.45) is 12.5 Å². The zero-order valence-electron chi connectivity index (χ0n) is 20.8. The molecule has 1 aromatic heterocycles. The van der Waals surface area contributed by atoms with Crippen molar-refractivity contribution in [2.75, 3.05) is 19.7 Å². The molecule has 7 nitrogen and oxygen atoms in total. The molecule has 3 saturated heterocycles. The number of amides is 1. The lowest BCUT2D eigenvalue weighted by atomic mass is 9.74. The monoisotopic (exact) mass is 467 g/mol. The van der Waals surface area contributed by atoms with E-state index in [4.69, 9.17) is 9.47 Å². The Hall–Kier alpha value is -2.22. The summed E-state index contributed by atoms with van der Waals surface area (Å²) >= 11 is 0. The van der Waals surface area contributed by atoms with E-state index in [2.05, 4.69) is 12.0 Å². The summed E-state index contributed by atoms with van der Waals surface area (Å²) in [5.41, 5.74) is 1.77. The Kier molecular flexibility index (Phi) is 5.86. The summed E-state index contributed by atoms with van der Waals surface area (Å²) < 4.78 is 14.4. The van der Waals surface area contributed by atoms with Crippen molar-refractivity contribution in [1.29, 1.82) is 0 Å². The molecular weight excluding hydrogens is 430 g/mol. The van der Waals surface area contributed by atoms with Gasteiger partial charge in [-0.2, -0.15) is 5.10 Å². The molecule has 1 N–H and O–H groups in total. The fourth-order valence-corrected chi connectivity index (χ4v) is 5.87. The molecule has 184 valence electrons. The van der Waals surface area contributed by atoms with Gasteiger partial charge in [-0.25, -0.2) is 0 Å². The lowest BCUT2D eigenvalue weighted by molar-refractivity contribution is -0.155. The highest BCUT2D eigenvalue weighted by Crippen LogP contribution is 2.49. The van der Waals surface area contributed by atoms with Gasteiger partial charge in [0.2, 0.25) is 0 Å². The van der Waals surface area contributed by atoms with Gasteiger partial charge >= 0.3 is 0 Å². The molecule has 3 aliphatic heterocycles. The minimum Gasteiger partial charge on any atom is -0.388 e. The molecule has 5 rings (SSSR count). The second-order valence-electron chi connectivity index (χ2n) is 11.4. The maximum Gasteiger partial charge on any atom is 0.253 e. The van der Waals surface area contributed by atoms with E-state index in [0.29, 0.717) is 0 Å². The molecule has 0 unspecified atom stereocenters. The number of rotatable bonds is 4. The normalized spacial score (nSPS) is 29.1. The van der Waals surface area contributed by atoms with E-state index in [0.717, 1.165) is 68.5 Å². The van der Waals surface area contributed by atoms with Gasteiger partial charge < -0.3 is 19.5 Å². The van der Waals surface area contributed by atoms with Gasteiger partial charge in [-0.15, -0.1) is 0 Å². The fraction of sp³-hybridized carbons (Fsp3) is 0.630. The van der Waals surface area contributed by atoms with Gasteiger partial charge in [0.15, 0.2) is 0 Å². The van der Waals surface area contributed by atoms with Crippen LogP contribution in [0.5, 0.6) is 0 Å². The first-order chi connectivity index (χ1) is 16.1. The Bertz CT molecular complexity index is 1030. The van der Waals surface area contributed by atoms with Gasteiger partial charge in [0.1, 0.15) is 0 Å². The topological polar surface area (TPSA) is 76.8 Å². The van der Waals surface area contributed by atoms with Crippen molar-refractivity contribution >= 4 is 5.91 Å². The van der Waals surface area contributed by atoms with Crippen LogP contribution in [-0.2, 0) is 16.5 Å². The lowest BCUT2D eigenvalue weighted by Gasteiger charge is -2.39. The van der Waals surface area contributed by atoms with Crippen LogP contribution in [0.25, 0.3) is 11.1 Å². The first-order valence-electron chi connectivity index (χ1n) is 12.5. The molecule has 1 spiro atoms. The number of carbonyl (C=O) groups excluding carboxylic acids is 1. The highest BCUT2D eigenvalue weighted by molar-refractivity contribution is 5.94. The van der Waals surface area contributed by atoms with Crippen LogP contribution in [0, 0.1) is 5.41 Å². The molecule has 2 aromatic rings. The average molecular weight is 468 g/mol. The molecule has 3 fully saturated rings. The number of aryl methyl sites for hydroxylation is 1. The number of carbonyl (C=O) groups is 1. The van der Waals surface area contributed by atoms with Crippen LogP contribution in [0.1, 0.15) is 63.2 Å². The maximum absolute atomic E-state index is 13.1. The van der Waals surface area contributed by atoms with Crippen molar-refractivity contribution in [1.82, 2.24) is 14.7 Å². The molecule has 0 aliphatic carbocycles. The number of aromatic nitrogens is 2.